The summed E-state index contributed by atoms with van der Waals surface area (Å²) < 4.78 is 22.0. The molecule has 2 fully saturated rings. The van der Waals surface area contributed by atoms with Gasteiger partial charge in [-0.25, -0.2) is 0 Å². The summed E-state index contributed by atoms with van der Waals surface area (Å²) in [7, 11) is 0. The molecule has 1 spiro atoms. The van der Waals surface area contributed by atoms with E-state index in [2.05, 4.69) is 0 Å². The molecule has 2 rings (SSSR count). The van der Waals surface area contributed by atoms with Crippen LogP contribution in [0.5, 0.6) is 0 Å². The van der Waals surface area contributed by atoms with E-state index >= 15 is 0 Å². The lowest BCUT2D eigenvalue weighted by molar-refractivity contribution is -0.337. The first kappa shape index (κ1) is 13.2. The second-order valence-corrected chi connectivity index (χ2v) is 4.75. The van der Waals surface area contributed by atoms with Gasteiger partial charge in [-0.15, -0.1) is 0 Å². The highest BCUT2D eigenvalue weighted by molar-refractivity contribution is 4.87. The van der Waals surface area contributed by atoms with Crippen molar-refractivity contribution in [2.45, 2.75) is 18.6 Å². The number of hydrogen-bond donors (Lipinski definition) is 2. The van der Waals surface area contributed by atoms with Gasteiger partial charge in [0.15, 0.2) is 5.79 Å². The first-order valence-electron chi connectivity index (χ1n) is 5.89. The van der Waals surface area contributed by atoms with Gasteiger partial charge in [0.25, 0.3) is 0 Å². The average molecular weight is 248 g/mol. The minimum absolute atomic E-state index is 0.0278. The van der Waals surface area contributed by atoms with E-state index in [-0.39, 0.29) is 18.6 Å². The zero-order valence-corrected chi connectivity index (χ0v) is 9.89. The second-order valence-electron chi connectivity index (χ2n) is 4.75. The largest absolute Gasteiger partial charge is 0.396 e. The summed E-state index contributed by atoms with van der Waals surface area (Å²) in [6.07, 6.45) is 0.733. The van der Waals surface area contributed by atoms with Gasteiger partial charge in [0.05, 0.1) is 31.8 Å². The molecular formula is C11H20O6. The maximum absolute atomic E-state index is 9.02. The first-order valence-corrected chi connectivity index (χ1v) is 5.89. The van der Waals surface area contributed by atoms with Crippen molar-refractivity contribution in [3.63, 3.8) is 0 Å². The smallest absolute Gasteiger partial charge is 0.172 e. The zero-order valence-electron chi connectivity index (χ0n) is 9.89. The van der Waals surface area contributed by atoms with Crippen molar-refractivity contribution in [1.29, 1.82) is 0 Å². The maximum atomic E-state index is 9.02. The molecule has 2 aliphatic rings. The molecule has 2 aliphatic heterocycles. The van der Waals surface area contributed by atoms with E-state index < -0.39 is 5.79 Å². The normalized spacial score (nSPS) is 27.2. The van der Waals surface area contributed by atoms with Crippen LogP contribution >= 0.6 is 0 Å². The molecule has 0 saturated carbocycles. The Morgan fingerprint density at radius 1 is 0.824 bits per heavy atom. The Hall–Kier alpha value is -0.240. The highest BCUT2D eigenvalue weighted by atomic mass is 16.7. The molecule has 0 unspecified atom stereocenters. The topological polar surface area (TPSA) is 77.4 Å². The zero-order chi connectivity index (χ0) is 12.2. The third-order valence-corrected chi connectivity index (χ3v) is 3.25. The molecule has 0 aromatic heterocycles. The van der Waals surface area contributed by atoms with Gasteiger partial charge in [-0.2, -0.15) is 0 Å². The van der Waals surface area contributed by atoms with Crippen LogP contribution in [0, 0.1) is 5.41 Å². The van der Waals surface area contributed by atoms with E-state index in [4.69, 9.17) is 29.2 Å². The van der Waals surface area contributed by atoms with Gasteiger partial charge in [-0.1, -0.05) is 0 Å². The van der Waals surface area contributed by atoms with Crippen LogP contribution in [-0.2, 0) is 18.9 Å². The average Bonchev–Trinajstić information content (AvgIpc) is 2.36. The van der Waals surface area contributed by atoms with Gasteiger partial charge in [-0.05, 0) is 0 Å². The molecule has 0 aromatic carbocycles. The lowest BCUT2D eigenvalue weighted by Gasteiger charge is -2.47. The summed E-state index contributed by atoms with van der Waals surface area (Å²) in [6.45, 7) is 2.31. The van der Waals surface area contributed by atoms with Gasteiger partial charge in [0, 0.05) is 26.1 Å². The van der Waals surface area contributed by atoms with E-state index in [1.165, 1.54) is 0 Å². The molecule has 0 aliphatic carbocycles. The predicted octanol–water partition coefficient (Wildman–Crippen LogP) is -0.515. The van der Waals surface area contributed by atoms with Crippen LogP contribution in [0.2, 0.25) is 0 Å². The maximum Gasteiger partial charge on any atom is 0.172 e. The molecule has 6 heteroatoms. The van der Waals surface area contributed by atoms with Crippen molar-refractivity contribution in [3.05, 3.63) is 0 Å². The summed E-state index contributed by atoms with van der Waals surface area (Å²) >= 11 is 0. The van der Waals surface area contributed by atoms with Crippen LogP contribution in [-0.4, -0.2) is 62.4 Å². The minimum atomic E-state index is -0.855. The van der Waals surface area contributed by atoms with Crippen LogP contribution in [0.1, 0.15) is 12.8 Å². The Kier molecular flexibility index (Phi) is 4.35. The fourth-order valence-corrected chi connectivity index (χ4v) is 2.19. The van der Waals surface area contributed by atoms with Gasteiger partial charge in [0.1, 0.15) is 6.79 Å². The Labute approximate surface area is 100 Å². The summed E-state index contributed by atoms with van der Waals surface area (Å²) in [5.74, 6) is -0.855. The summed E-state index contributed by atoms with van der Waals surface area (Å²) in [5, 5.41) is 18.0. The quantitative estimate of drug-likeness (QED) is 0.697. The fourth-order valence-electron chi connectivity index (χ4n) is 2.19. The van der Waals surface area contributed by atoms with Crippen molar-refractivity contribution in [3.8, 4) is 0 Å². The number of rotatable bonds is 4. The van der Waals surface area contributed by atoms with Crippen LogP contribution in [0.4, 0.5) is 0 Å². The third kappa shape index (κ3) is 2.96. The highest BCUT2D eigenvalue weighted by Gasteiger charge is 2.45. The van der Waals surface area contributed by atoms with Crippen molar-refractivity contribution in [1.82, 2.24) is 0 Å². The van der Waals surface area contributed by atoms with Crippen molar-refractivity contribution >= 4 is 0 Å². The Morgan fingerprint density at radius 2 is 1.35 bits per heavy atom. The van der Waals surface area contributed by atoms with E-state index in [9.17, 15) is 0 Å². The van der Waals surface area contributed by atoms with Gasteiger partial charge >= 0.3 is 0 Å². The molecule has 2 N–H and O–H groups in total. The first-order chi connectivity index (χ1) is 8.24. The Morgan fingerprint density at radius 3 is 1.82 bits per heavy atom. The molecular weight excluding hydrogens is 228 g/mol. The monoisotopic (exact) mass is 248 g/mol. The van der Waals surface area contributed by atoms with Crippen LogP contribution < -0.4 is 0 Å². The van der Waals surface area contributed by atoms with Gasteiger partial charge in [-0.3, -0.25) is 0 Å². The van der Waals surface area contributed by atoms with E-state index in [1.54, 1.807) is 0 Å². The van der Waals surface area contributed by atoms with Crippen LogP contribution in [0.25, 0.3) is 0 Å². The molecule has 0 aromatic rings. The summed E-state index contributed by atoms with van der Waals surface area (Å²) in [4.78, 5) is 0. The minimum Gasteiger partial charge on any atom is -0.396 e. The third-order valence-electron chi connectivity index (χ3n) is 3.25. The van der Waals surface area contributed by atoms with Crippen LogP contribution in [0.15, 0.2) is 0 Å². The summed E-state index contributed by atoms with van der Waals surface area (Å²) in [5.41, 5.74) is -0.243. The molecule has 6 nitrogen and oxygen atoms in total. The van der Waals surface area contributed by atoms with Gasteiger partial charge in [0.2, 0.25) is 0 Å². The molecule has 0 atom stereocenters. The van der Waals surface area contributed by atoms with Gasteiger partial charge < -0.3 is 29.2 Å². The van der Waals surface area contributed by atoms with E-state index in [1.807, 2.05) is 0 Å². The van der Waals surface area contributed by atoms with Crippen molar-refractivity contribution in [2.24, 2.45) is 5.41 Å². The molecule has 0 bridgehead atoms. The van der Waals surface area contributed by atoms with Crippen LogP contribution in [0.3, 0.4) is 0 Å². The molecule has 2 saturated heterocycles. The lowest BCUT2D eigenvalue weighted by atomic mass is 9.89. The molecule has 2 heterocycles. The number of aliphatic hydroxyl groups excluding tert-OH is 2. The Bertz CT molecular complexity index is 220. The van der Waals surface area contributed by atoms with Crippen molar-refractivity contribution in [2.75, 3.05) is 46.4 Å². The number of aliphatic hydroxyl groups is 2. The SMILES string of the molecule is OCCC1(CCO)OCC2(COCOC2)CO1. The lowest BCUT2D eigenvalue weighted by Crippen LogP contribution is -2.55. The molecule has 0 radical (unpaired) electrons. The predicted molar refractivity (Wildman–Crippen MR) is 57.2 cm³/mol. The second kappa shape index (κ2) is 5.60. The fraction of sp³-hybridized carbons (Fsp3) is 1.00. The summed E-state index contributed by atoms with van der Waals surface area (Å²) in [6, 6.07) is 0. The van der Waals surface area contributed by atoms with Crippen molar-refractivity contribution < 1.29 is 29.2 Å². The molecule has 0 amide bonds. The van der Waals surface area contributed by atoms with E-state index in [0.29, 0.717) is 46.1 Å². The van der Waals surface area contributed by atoms with E-state index in [0.717, 1.165) is 0 Å². The standard InChI is InChI=1S/C11H20O6/c12-3-1-11(2-4-13)16-7-10(8-17-11)5-14-9-15-6-10/h12-13H,1-9H2. The Balaban J connectivity index is 1.94. The molecule has 100 valence electrons. The highest BCUT2D eigenvalue weighted by Crippen LogP contribution is 2.35. The number of hydrogen-bond acceptors (Lipinski definition) is 6. The number of ether oxygens (including phenoxy) is 4. The molecule has 17 heavy (non-hydrogen) atoms.